The van der Waals surface area contributed by atoms with Crippen LogP contribution in [0.3, 0.4) is 0 Å². The van der Waals surface area contributed by atoms with E-state index in [4.69, 9.17) is 4.52 Å². The van der Waals surface area contributed by atoms with Crippen LogP contribution in [0.15, 0.2) is 0 Å². The molecule has 3 aliphatic carbocycles. The Balaban J connectivity index is 1.86. The molecule has 0 spiro atoms. The zero-order valence-electron chi connectivity index (χ0n) is 16.4. The van der Waals surface area contributed by atoms with Crippen LogP contribution in [-0.4, -0.2) is 39.5 Å². The number of rotatable bonds is 7. The Labute approximate surface area is 160 Å². The first-order valence-corrected chi connectivity index (χ1v) is 15.2. The molecular weight excluding hydrogens is 366 g/mol. The summed E-state index contributed by atoms with van der Waals surface area (Å²) in [5.74, 6) is 0. The van der Waals surface area contributed by atoms with Gasteiger partial charge in [0.05, 0.1) is 0 Å². The molecule has 0 atom stereocenters. The van der Waals surface area contributed by atoms with Crippen molar-refractivity contribution in [3.05, 3.63) is 0 Å². The Morgan fingerprint density at radius 2 is 1.04 bits per heavy atom. The Bertz CT molecular complexity index is 415. The fourth-order valence-electron chi connectivity index (χ4n) is 6.87. The molecule has 0 radical (unpaired) electrons. The quantitative estimate of drug-likeness (QED) is 0.521. The summed E-state index contributed by atoms with van der Waals surface area (Å²) >= 11 is 0. The summed E-state index contributed by atoms with van der Waals surface area (Å²) < 4.78 is 16.4. The van der Waals surface area contributed by atoms with E-state index in [0.29, 0.717) is 6.61 Å². The van der Waals surface area contributed by atoms with Gasteiger partial charge in [0.1, 0.15) is 0 Å². The average molecular weight is 406 g/mol. The van der Waals surface area contributed by atoms with Crippen molar-refractivity contribution < 1.29 is 18.9 Å². The van der Waals surface area contributed by atoms with Crippen LogP contribution in [0.2, 0.25) is 0 Å². The molecule has 0 unspecified atom stereocenters. The Kier molecular flexibility index (Phi) is 8.04. The van der Waals surface area contributed by atoms with E-state index in [-0.39, 0.29) is 0 Å². The Morgan fingerprint density at radius 1 is 0.692 bits per heavy atom. The average Bonchev–Trinajstić information content (AvgIpc) is 2.67. The number of hydrogen-bond acceptors (Lipinski definition) is 2. The molecule has 3 rings (SSSR count). The van der Waals surface area contributed by atoms with E-state index in [1.165, 1.54) is 96.3 Å². The SMILES string of the molecule is O=P(O)(O)OCC[PH](C1CCCCC1)(C1CCCCC1)C1CCCCC1. The van der Waals surface area contributed by atoms with Crippen molar-refractivity contribution in [1.29, 1.82) is 0 Å². The van der Waals surface area contributed by atoms with Crippen molar-refractivity contribution >= 4 is 15.1 Å². The Morgan fingerprint density at radius 3 is 1.35 bits per heavy atom. The maximum atomic E-state index is 11.3. The molecule has 3 fully saturated rings. The monoisotopic (exact) mass is 406 g/mol. The standard InChI is InChI=1S/C20H40O4P2/c21-26(22,23)24-16-17-25(18-10-4-1-5-11-18,19-12-6-2-7-13-19)20-14-8-3-9-15-20/h18-20,25H,1-17H2,(H2,21,22,23). The van der Waals surface area contributed by atoms with Crippen molar-refractivity contribution in [3.8, 4) is 0 Å². The molecule has 3 saturated carbocycles. The predicted octanol–water partition coefficient (Wildman–Crippen LogP) is 5.84. The molecular formula is C20H40O4P2. The van der Waals surface area contributed by atoms with Crippen LogP contribution >= 0.6 is 15.1 Å². The number of hydrogen-bond donors (Lipinski definition) is 2. The molecule has 0 bridgehead atoms. The van der Waals surface area contributed by atoms with Crippen molar-refractivity contribution in [3.63, 3.8) is 0 Å². The van der Waals surface area contributed by atoms with Crippen molar-refractivity contribution in [2.75, 3.05) is 12.8 Å². The molecule has 0 aromatic carbocycles. The molecule has 0 heterocycles. The summed E-state index contributed by atoms with van der Waals surface area (Å²) in [6.45, 7) is 0.292. The van der Waals surface area contributed by atoms with Crippen LogP contribution in [0.1, 0.15) is 96.3 Å². The van der Waals surface area contributed by atoms with Crippen LogP contribution in [0.25, 0.3) is 0 Å². The molecule has 4 nitrogen and oxygen atoms in total. The van der Waals surface area contributed by atoms with E-state index < -0.39 is 15.1 Å². The van der Waals surface area contributed by atoms with E-state index in [0.717, 1.165) is 23.1 Å². The van der Waals surface area contributed by atoms with Gasteiger partial charge in [-0.3, -0.25) is 0 Å². The van der Waals surface area contributed by atoms with Crippen LogP contribution < -0.4 is 0 Å². The molecule has 0 saturated heterocycles. The Hall–Kier alpha value is 0.540. The molecule has 3 aliphatic rings. The van der Waals surface area contributed by atoms with Gasteiger partial charge in [-0.15, -0.1) is 0 Å². The van der Waals surface area contributed by atoms with Crippen molar-refractivity contribution in [2.45, 2.75) is 113 Å². The van der Waals surface area contributed by atoms with Gasteiger partial charge in [-0.2, -0.15) is 0 Å². The van der Waals surface area contributed by atoms with Crippen LogP contribution in [-0.2, 0) is 9.09 Å². The van der Waals surface area contributed by atoms with E-state index >= 15 is 0 Å². The first-order chi connectivity index (χ1) is 12.5. The molecule has 26 heavy (non-hydrogen) atoms. The van der Waals surface area contributed by atoms with E-state index in [9.17, 15) is 14.4 Å². The number of phosphoric ester groups is 1. The summed E-state index contributed by atoms with van der Waals surface area (Å²) in [7, 11) is -6.01. The van der Waals surface area contributed by atoms with Gasteiger partial charge in [0, 0.05) is 0 Å². The molecule has 0 amide bonds. The van der Waals surface area contributed by atoms with E-state index in [1.54, 1.807) is 0 Å². The topological polar surface area (TPSA) is 66.8 Å². The molecule has 0 aromatic heterocycles. The molecule has 154 valence electrons. The predicted molar refractivity (Wildman–Crippen MR) is 112 cm³/mol. The van der Waals surface area contributed by atoms with Gasteiger partial charge in [0.25, 0.3) is 0 Å². The van der Waals surface area contributed by atoms with Gasteiger partial charge in [-0.25, -0.2) is 0 Å². The van der Waals surface area contributed by atoms with Crippen LogP contribution in [0.4, 0.5) is 0 Å². The number of phosphoric acid groups is 1. The summed E-state index contributed by atoms with van der Waals surface area (Å²) in [4.78, 5) is 18.5. The first kappa shape index (κ1) is 21.3. The van der Waals surface area contributed by atoms with Crippen molar-refractivity contribution in [2.24, 2.45) is 0 Å². The minimum atomic E-state index is -4.35. The fourth-order valence-corrected chi connectivity index (χ4v) is 15.5. The molecule has 2 N–H and O–H groups in total. The van der Waals surface area contributed by atoms with Gasteiger partial charge < -0.3 is 0 Å². The molecule has 0 aromatic rings. The first-order valence-electron chi connectivity index (χ1n) is 11.2. The van der Waals surface area contributed by atoms with Gasteiger partial charge in [0.2, 0.25) is 0 Å². The van der Waals surface area contributed by atoms with Crippen LogP contribution in [0.5, 0.6) is 0 Å². The molecule has 0 aliphatic heterocycles. The second-order valence-electron chi connectivity index (χ2n) is 9.19. The summed E-state index contributed by atoms with van der Waals surface area (Å²) in [5, 5.41) is 0. The van der Waals surface area contributed by atoms with Crippen molar-refractivity contribution in [1.82, 2.24) is 0 Å². The van der Waals surface area contributed by atoms with Crippen LogP contribution in [0, 0.1) is 0 Å². The van der Waals surface area contributed by atoms with Gasteiger partial charge in [-0.05, 0) is 0 Å². The summed E-state index contributed by atoms with van der Waals surface area (Å²) in [6.07, 6.45) is 21.7. The third kappa shape index (κ3) is 5.32. The normalized spacial score (nSPS) is 26.1. The van der Waals surface area contributed by atoms with E-state index in [1.807, 2.05) is 0 Å². The second-order valence-corrected chi connectivity index (χ2v) is 15.6. The van der Waals surface area contributed by atoms with Gasteiger partial charge >= 0.3 is 160 Å². The van der Waals surface area contributed by atoms with Gasteiger partial charge in [0.15, 0.2) is 0 Å². The second kappa shape index (κ2) is 9.84. The minimum absolute atomic E-state index is 0.292. The summed E-state index contributed by atoms with van der Waals surface area (Å²) in [6, 6.07) is 0. The third-order valence-electron chi connectivity index (χ3n) is 7.89. The van der Waals surface area contributed by atoms with E-state index in [2.05, 4.69) is 0 Å². The third-order valence-corrected chi connectivity index (χ3v) is 15.8. The summed E-state index contributed by atoms with van der Waals surface area (Å²) in [5.41, 5.74) is 2.63. The zero-order valence-corrected chi connectivity index (χ0v) is 18.3. The fraction of sp³-hybridized carbons (Fsp3) is 1.00. The van der Waals surface area contributed by atoms with Gasteiger partial charge in [-0.1, -0.05) is 0 Å². The molecule has 6 heteroatoms. The zero-order chi connectivity index (χ0) is 18.5. The maximum absolute atomic E-state index is 11.3.